The second-order valence-electron chi connectivity index (χ2n) is 4.02. The molecule has 0 N–H and O–H groups in total. The van der Waals surface area contributed by atoms with Gasteiger partial charge in [-0.25, -0.2) is 4.79 Å². The third-order valence-electron chi connectivity index (χ3n) is 2.48. The number of aldehydes is 1. The van der Waals surface area contributed by atoms with Crippen LogP contribution in [0.1, 0.15) is 58.3 Å². The maximum atomic E-state index is 10.9. The zero-order valence-electron chi connectivity index (χ0n) is 10.8. The fourth-order valence-corrected chi connectivity index (χ4v) is 1.57. The lowest BCUT2D eigenvalue weighted by molar-refractivity contribution is -0.137. The zero-order chi connectivity index (χ0) is 12.8. The normalized spacial score (nSPS) is 10.6. The number of carbonyl (C=O) groups excluding carboxylic acids is 2. The Morgan fingerprint density at radius 2 is 1.59 bits per heavy atom. The predicted octanol–water partition coefficient (Wildman–Crippen LogP) is 3.43. The van der Waals surface area contributed by atoms with Crippen LogP contribution in [0.5, 0.6) is 0 Å². The van der Waals surface area contributed by atoms with Crippen LogP contribution in [0.15, 0.2) is 12.2 Å². The van der Waals surface area contributed by atoms with Crippen LogP contribution in [0.25, 0.3) is 0 Å². The molecule has 0 bridgehead atoms. The molecule has 0 aromatic rings. The number of hydrogen-bond acceptors (Lipinski definition) is 3. The van der Waals surface area contributed by atoms with Gasteiger partial charge in [0, 0.05) is 12.5 Å². The fraction of sp³-hybridized carbons (Fsp3) is 0.714. The molecule has 0 spiro atoms. The highest BCUT2D eigenvalue weighted by Gasteiger charge is 1.93. The van der Waals surface area contributed by atoms with Gasteiger partial charge >= 0.3 is 5.97 Å². The molecule has 0 amide bonds. The predicted molar refractivity (Wildman–Crippen MR) is 68.8 cm³/mol. The smallest absolute Gasteiger partial charge is 0.330 e. The van der Waals surface area contributed by atoms with Crippen LogP contribution >= 0.6 is 0 Å². The molecule has 3 heteroatoms. The quantitative estimate of drug-likeness (QED) is 0.240. The maximum Gasteiger partial charge on any atom is 0.330 e. The van der Waals surface area contributed by atoms with Gasteiger partial charge in [-0.15, -0.1) is 0 Å². The lowest BCUT2D eigenvalue weighted by atomic mass is 10.1. The van der Waals surface area contributed by atoms with Crippen molar-refractivity contribution >= 4 is 12.3 Å². The van der Waals surface area contributed by atoms with Crippen LogP contribution in [-0.2, 0) is 14.3 Å². The number of ether oxygens (including phenoxy) is 1. The summed E-state index contributed by atoms with van der Waals surface area (Å²) in [6.07, 6.45) is 12.9. The molecule has 0 radical (unpaired) electrons. The third-order valence-corrected chi connectivity index (χ3v) is 2.48. The van der Waals surface area contributed by atoms with Crippen molar-refractivity contribution in [3.63, 3.8) is 0 Å². The molecule has 0 fully saturated rings. The van der Waals surface area contributed by atoms with E-state index in [0.29, 0.717) is 13.0 Å². The Bertz CT molecular complexity index is 222. The lowest BCUT2D eigenvalue weighted by Crippen LogP contribution is -1.98. The third kappa shape index (κ3) is 12.8. The molecule has 0 aromatic heterocycles. The molecular weight excluding hydrogens is 216 g/mol. The molecule has 0 aliphatic rings. The van der Waals surface area contributed by atoms with E-state index in [1.165, 1.54) is 25.3 Å². The standard InChI is InChI=1S/C14H24O3/c1-2-17-14(16)12-10-8-6-4-3-5-7-9-11-13-15/h10,12-13H,2-9,11H2,1H3/b12-10-. The number of allylic oxidation sites excluding steroid dienone is 1. The van der Waals surface area contributed by atoms with E-state index < -0.39 is 0 Å². The SMILES string of the molecule is CCOC(=O)/C=C\CCCCCCCCC=O. The molecule has 17 heavy (non-hydrogen) atoms. The molecule has 0 atom stereocenters. The van der Waals surface area contributed by atoms with Gasteiger partial charge in [-0.05, 0) is 26.2 Å². The van der Waals surface area contributed by atoms with Gasteiger partial charge in [0.1, 0.15) is 6.29 Å². The van der Waals surface area contributed by atoms with Crippen molar-refractivity contribution in [2.45, 2.75) is 58.3 Å². The Morgan fingerprint density at radius 3 is 2.18 bits per heavy atom. The van der Waals surface area contributed by atoms with Crippen LogP contribution in [0.3, 0.4) is 0 Å². The first-order chi connectivity index (χ1) is 8.31. The van der Waals surface area contributed by atoms with E-state index in [2.05, 4.69) is 0 Å². The van der Waals surface area contributed by atoms with Crippen LogP contribution in [0, 0.1) is 0 Å². The van der Waals surface area contributed by atoms with Crippen LogP contribution in [-0.4, -0.2) is 18.9 Å². The van der Waals surface area contributed by atoms with Gasteiger partial charge in [0.05, 0.1) is 6.61 Å². The largest absolute Gasteiger partial charge is 0.463 e. The molecule has 0 unspecified atom stereocenters. The first kappa shape index (κ1) is 15.9. The summed E-state index contributed by atoms with van der Waals surface area (Å²) in [5.41, 5.74) is 0. The highest BCUT2D eigenvalue weighted by molar-refractivity contribution is 5.81. The van der Waals surface area contributed by atoms with E-state index in [-0.39, 0.29) is 5.97 Å². The van der Waals surface area contributed by atoms with E-state index in [1.807, 2.05) is 6.08 Å². The number of esters is 1. The molecule has 0 saturated heterocycles. The molecule has 0 aromatic carbocycles. The van der Waals surface area contributed by atoms with Gasteiger partial charge < -0.3 is 9.53 Å². The summed E-state index contributed by atoms with van der Waals surface area (Å²) in [5, 5.41) is 0. The van der Waals surface area contributed by atoms with Gasteiger partial charge in [0.25, 0.3) is 0 Å². The summed E-state index contributed by atoms with van der Waals surface area (Å²) in [5.74, 6) is -0.249. The summed E-state index contributed by atoms with van der Waals surface area (Å²) >= 11 is 0. The minimum absolute atomic E-state index is 0.249. The molecule has 0 rings (SSSR count). The van der Waals surface area contributed by atoms with Crippen molar-refractivity contribution < 1.29 is 14.3 Å². The first-order valence-electron chi connectivity index (χ1n) is 6.58. The first-order valence-corrected chi connectivity index (χ1v) is 6.58. The molecular formula is C14H24O3. The van der Waals surface area contributed by atoms with Crippen LogP contribution in [0.2, 0.25) is 0 Å². The van der Waals surface area contributed by atoms with Crippen LogP contribution in [0.4, 0.5) is 0 Å². The molecule has 3 nitrogen and oxygen atoms in total. The average molecular weight is 240 g/mol. The van der Waals surface area contributed by atoms with Gasteiger partial charge in [0.15, 0.2) is 0 Å². The topological polar surface area (TPSA) is 43.4 Å². The second-order valence-corrected chi connectivity index (χ2v) is 4.02. The summed E-state index contributed by atoms with van der Waals surface area (Å²) in [7, 11) is 0. The zero-order valence-corrected chi connectivity index (χ0v) is 10.8. The summed E-state index contributed by atoms with van der Waals surface area (Å²) in [4.78, 5) is 21.0. The highest BCUT2D eigenvalue weighted by Crippen LogP contribution is 2.08. The van der Waals surface area contributed by atoms with E-state index in [1.54, 1.807) is 6.92 Å². The Kier molecular flexibility index (Phi) is 12.1. The second kappa shape index (κ2) is 12.9. The fourth-order valence-electron chi connectivity index (χ4n) is 1.57. The van der Waals surface area contributed by atoms with E-state index in [9.17, 15) is 9.59 Å². The van der Waals surface area contributed by atoms with E-state index in [0.717, 1.165) is 32.0 Å². The lowest BCUT2D eigenvalue weighted by Gasteiger charge is -1.98. The van der Waals surface area contributed by atoms with E-state index >= 15 is 0 Å². The van der Waals surface area contributed by atoms with Crippen molar-refractivity contribution in [1.29, 1.82) is 0 Å². The summed E-state index contributed by atoms with van der Waals surface area (Å²) < 4.78 is 4.77. The minimum atomic E-state index is -0.249. The average Bonchev–Trinajstić information content (AvgIpc) is 2.32. The van der Waals surface area contributed by atoms with Crippen molar-refractivity contribution in [3.8, 4) is 0 Å². The highest BCUT2D eigenvalue weighted by atomic mass is 16.5. The van der Waals surface area contributed by atoms with Gasteiger partial charge in [-0.2, -0.15) is 0 Å². The van der Waals surface area contributed by atoms with Gasteiger partial charge in [-0.1, -0.05) is 31.8 Å². The Balaban J connectivity index is 3.17. The molecule has 0 heterocycles. The molecule has 0 saturated carbocycles. The number of carbonyl (C=O) groups is 2. The molecule has 0 aliphatic carbocycles. The van der Waals surface area contributed by atoms with Crippen molar-refractivity contribution in [2.24, 2.45) is 0 Å². The number of unbranched alkanes of at least 4 members (excludes halogenated alkanes) is 7. The maximum absolute atomic E-state index is 10.9. The molecule has 98 valence electrons. The van der Waals surface area contributed by atoms with Crippen molar-refractivity contribution in [3.05, 3.63) is 12.2 Å². The van der Waals surface area contributed by atoms with Gasteiger partial charge in [0.2, 0.25) is 0 Å². The van der Waals surface area contributed by atoms with Crippen LogP contribution < -0.4 is 0 Å². The summed E-state index contributed by atoms with van der Waals surface area (Å²) in [6.45, 7) is 2.24. The van der Waals surface area contributed by atoms with Crippen molar-refractivity contribution in [2.75, 3.05) is 6.61 Å². The monoisotopic (exact) mass is 240 g/mol. The van der Waals surface area contributed by atoms with E-state index in [4.69, 9.17) is 4.74 Å². The van der Waals surface area contributed by atoms with Crippen molar-refractivity contribution in [1.82, 2.24) is 0 Å². The minimum Gasteiger partial charge on any atom is -0.463 e. The molecule has 0 aliphatic heterocycles. The number of hydrogen-bond donors (Lipinski definition) is 0. The Morgan fingerprint density at radius 1 is 1.00 bits per heavy atom. The number of rotatable bonds is 11. The Hall–Kier alpha value is -1.12. The Labute approximate surface area is 104 Å². The van der Waals surface area contributed by atoms with Gasteiger partial charge in [-0.3, -0.25) is 0 Å². The summed E-state index contributed by atoms with van der Waals surface area (Å²) in [6, 6.07) is 0.